The van der Waals surface area contributed by atoms with Crippen LogP contribution in [0.5, 0.6) is 0 Å². The molecule has 0 saturated heterocycles. The van der Waals surface area contributed by atoms with Crippen molar-refractivity contribution in [2.75, 3.05) is 6.26 Å². The van der Waals surface area contributed by atoms with Gasteiger partial charge in [0.1, 0.15) is 11.6 Å². The van der Waals surface area contributed by atoms with E-state index in [4.69, 9.17) is 0 Å². The van der Waals surface area contributed by atoms with Gasteiger partial charge in [-0.2, -0.15) is 5.26 Å². The lowest BCUT2D eigenvalue weighted by atomic mass is 10.1. The van der Waals surface area contributed by atoms with Gasteiger partial charge in [0, 0.05) is 11.8 Å². The van der Waals surface area contributed by atoms with Crippen molar-refractivity contribution in [2.45, 2.75) is 18.0 Å². The largest absolute Gasteiger partial charge is 0.279 e. The molecule has 0 saturated carbocycles. The predicted molar refractivity (Wildman–Crippen MR) is 108 cm³/mol. The summed E-state index contributed by atoms with van der Waals surface area (Å²) in [6, 6.07) is 18.6. The minimum Gasteiger partial charge on any atom is -0.279 e. The lowest BCUT2D eigenvalue weighted by Gasteiger charge is -2.13. The number of rotatable bonds is 4. The molecule has 132 valence electrons. The van der Waals surface area contributed by atoms with Crippen LogP contribution < -0.4 is 0 Å². The highest BCUT2D eigenvalue weighted by Gasteiger charge is 2.19. The van der Waals surface area contributed by atoms with Crippen molar-refractivity contribution in [1.82, 2.24) is 19.5 Å². The van der Waals surface area contributed by atoms with Gasteiger partial charge in [-0.3, -0.25) is 4.57 Å². The van der Waals surface area contributed by atoms with Crippen LogP contribution in [0.1, 0.15) is 18.5 Å². The Morgan fingerprint density at radius 3 is 2.67 bits per heavy atom. The number of aromatic nitrogens is 4. The van der Waals surface area contributed by atoms with Crippen molar-refractivity contribution in [3.8, 4) is 23.3 Å². The first-order chi connectivity index (χ1) is 13.2. The summed E-state index contributed by atoms with van der Waals surface area (Å²) in [5.74, 6) is 1.18. The van der Waals surface area contributed by atoms with Gasteiger partial charge in [0.15, 0.2) is 5.16 Å². The second-order valence-electron chi connectivity index (χ2n) is 6.16. The van der Waals surface area contributed by atoms with Crippen LogP contribution in [0.15, 0.2) is 66.1 Å². The molecule has 0 N–H and O–H groups in total. The summed E-state index contributed by atoms with van der Waals surface area (Å²) in [5, 5.41) is 12.5. The van der Waals surface area contributed by atoms with E-state index in [1.807, 2.05) is 35.9 Å². The van der Waals surface area contributed by atoms with Gasteiger partial charge in [-0.05, 0) is 36.1 Å². The first kappa shape index (κ1) is 17.3. The molecule has 2 aromatic heterocycles. The summed E-state index contributed by atoms with van der Waals surface area (Å²) in [5.41, 5.74) is 1.79. The molecule has 2 heterocycles. The van der Waals surface area contributed by atoms with Crippen molar-refractivity contribution in [3.63, 3.8) is 0 Å². The average Bonchev–Trinajstić information content (AvgIpc) is 3.18. The Balaban J connectivity index is 1.94. The second-order valence-corrected chi connectivity index (χ2v) is 6.93. The van der Waals surface area contributed by atoms with Gasteiger partial charge < -0.3 is 0 Å². The zero-order chi connectivity index (χ0) is 18.8. The van der Waals surface area contributed by atoms with Gasteiger partial charge in [-0.1, -0.05) is 48.2 Å². The third-order valence-electron chi connectivity index (χ3n) is 4.46. The smallest absolute Gasteiger partial charge is 0.189 e. The molecular formula is C21H17N5S. The van der Waals surface area contributed by atoms with Crippen molar-refractivity contribution in [2.24, 2.45) is 0 Å². The van der Waals surface area contributed by atoms with E-state index in [0.717, 1.165) is 22.5 Å². The Hall–Kier alpha value is -3.17. The molecule has 0 spiro atoms. The number of benzene rings is 2. The number of imidazole rings is 1. The molecule has 0 aliphatic rings. The van der Waals surface area contributed by atoms with Gasteiger partial charge >= 0.3 is 0 Å². The van der Waals surface area contributed by atoms with Crippen molar-refractivity contribution < 1.29 is 0 Å². The van der Waals surface area contributed by atoms with E-state index < -0.39 is 0 Å². The molecular weight excluding hydrogens is 354 g/mol. The van der Waals surface area contributed by atoms with Gasteiger partial charge in [0.25, 0.3) is 0 Å². The number of thioether (sulfide) groups is 1. The standard InChI is InChI=1S/C21H17N5S/c1-14(12-22)18-13-24-20(26(18)19-9-10-23-21(25-19)27-2)17-8-7-15-5-3-4-6-16(15)11-17/h3-11,13-14H,1-2H3. The SMILES string of the molecule is CSc1nccc(-n2c(C(C)C#N)cnc2-c2ccc3ccccc3c2)n1. The molecule has 4 aromatic rings. The number of fused-ring (bicyclic) bond motifs is 1. The molecule has 0 aliphatic heterocycles. The zero-order valence-corrected chi connectivity index (χ0v) is 15.8. The predicted octanol–water partition coefficient (Wildman–Crippen LogP) is 4.83. The maximum atomic E-state index is 9.45. The fourth-order valence-electron chi connectivity index (χ4n) is 3.06. The van der Waals surface area contributed by atoms with Crippen LogP contribution in [0, 0.1) is 11.3 Å². The van der Waals surface area contributed by atoms with Crippen molar-refractivity contribution in [1.29, 1.82) is 5.26 Å². The van der Waals surface area contributed by atoms with E-state index in [1.165, 1.54) is 17.1 Å². The van der Waals surface area contributed by atoms with Crippen LogP contribution in [0.25, 0.3) is 28.0 Å². The van der Waals surface area contributed by atoms with E-state index in [1.54, 1.807) is 12.4 Å². The molecule has 0 radical (unpaired) electrons. The average molecular weight is 371 g/mol. The third-order valence-corrected chi connectivity index (χ3v) is 5.03. The maximum Gasteiger partial charge on any atom is 0.189 e. The molecule has 0 fully saturated rings. The van der Waals surface area contributed by atoms with Crippen LogP contribution in [-0.2, 0) is 0 Å². The Morgan fingerprint density at radius 2 is 1.89 bits per heavy atom. The van der Waals surface area contributed by atoms with Gasteiger partial charge in [-0.15, -0.1) is 0 Å². The van der Waals surface area contributed by atoms with E-state index in [2.05, 4.69) is 51.4 Å². The highest BCUT2D eigenvalue weighted by Crippen LogP contribution is 2.29. The Labute approximate surface area is 161 Å². The fourth-order valence-corrected chi connectivity index (χ4v) is 3.42. The normalized spacial score (nSPS) is 12.0. The van der Waals surface area contributed by atoms with E-state index in [9.17, 15) is 5.26 Å². The summed E-state index contributed by atoms with van der Waals surface area (Å²) in [7, 11) is 0. The molecule has 0 amide bonds. The Kier molecular flexibility index (Phi) is 4.61. The summed E-state index contributed by atoms with van der Waals surface area (Å²) in [6.45, 7) is 1.87. The van der Waals surface area contributed by atoms with Crippen molar-refractivity contribution >= 4 is 22.5 Å². The van der Waals surface area contributed by atoms with E-state index >= 15 is 0 Å². The lowest BCUT2D eigenvalue weighted by Crippen LogP contribution is -2.07. The Morgan fingerprint density at radius 1 is 1.07 bits per heavy atom. The van der Waals surface area contributed by atoms with Crippen LogP contribution in [0.3, 0.4) is 0 Å². The van der Waals surface area contributed by atoms with E-state index in [0.29, 0.717) is 11.0 Å². The highest BCUT2D eigenvalue weighted by atomic mass is 32.2. The minimum atomic E-state index is -0.306. The molecule has 27 heavy (non-hydrogen) atoms. The zero-order valence-electron chi connectivity index (χ0n) is 15.0. The molecule has 5 nitrogen and oxygen atoms in total. The second kappa shape index (κ2) is 7.22. The number of hydrogen-bond donors (Lipinski definition) is 0. The first-order valence-corrected chi connectivity index (χ1v) is 9.77. The molecule has 2 aromatic carbocycles. The first-order valence-electron chi connectivity index (χ1n) is 8.55. The summed E-state index contributed by atoms with van der Waals surface area (Å²) in [6.07, 6.45) is 5.44. The van der Waals surface area contributed by atoms with Crippen LogP contribution >= 0.6 is 11.8 Å². The number of hydrogen-bond acceptors (Lipinski definition) is 5. The summed E-state index contributed by atoms with van der Waals surface area (Å²) < 4.78 is 1.96. The number of nitrogens with zero attached hydrogens (tertiary/aromatic N) is 5. The van der Waals surface area contributed by atoms with Gasteiger partial charge in [0.05, 0.1) is 23.9 Å². The van der Waals surface area contributed by atoms with Crippen LogP contribution in [0.4, 0.5) is 0 Å². The third kappa shape index (κ3) is 3.18. The van der Waals surface area contributed by atoms with Gasteiger partial charge in [0.2, 0.25) is 0 Å². The molecule has 6 heteroatoms. The minimum absolute atomic E-state index is 0.306. The number of nitriles is 1. The van der Waals surface area contributed by atoms with Gasteiger partial charge in [-0.25, -0.2) is 15.0 Å². The monoisotopic (exact) mass is 371 g/mol. The topological polar surface area (TPSA) is 67.4 Å². The molecule has 0 aliphatic carbocycles. The van der Waals surface area contributed by atoms with Crippen LogP contribution in [0.2, 0.25) is 0 Å². The summed E-state index contributed by atoms with van der Waals surface area (Å²) >= 11 is 1.48. The molecule has 4 rings (SSSR count). The molecule has 1 unspecified atom stereocenters. The lowest BCUT2D eigenvalue weighted by molar-refractivity contribution is 0.821. The maximum absolute atomic E-state index is 9.45. The van der Waals surface area contributed by atoms with Crippen molar-refractivity contribution in [3.05, 3.63) is 66.6 Å². The van der Waals surface area contributed by atoms with Crippen LogP contribution in [-0.4, -0.2) is 25.8 Å². The fraction of sp³-hybridized carbons (Fsp3) is 0.143. The molecule has 1 atom stereocenters. The molecule has 0 bridgehead atoms. The van der Waals surface area contributed by atoms with E-state index in [-0.39, 0.29) is 5.92 Å². The highest BCUT2D eigenvalue weighted by molar-refractivity contribution is 7.98. The quantitative estimate of drug-likeness (QED) is 0.380. The Bertz CT molecular complexity index is 1160. The summed E-state index contributed by atoms with van der Waals surface area (Å²) in [4.78, 5) is 13.5.